The summed E-state index contributed by atoms with van der Waals surface area (Å²) >= 11 is 0. The summed E-state index contributed by atoms with van der Waals surface area (Å²) in [6.07, 6.45) is 8.17. The van der Waals surface area contributed by atoms with E-state index in [9.17, 15) is 4.79 Å². The predicted octanol–water partition coefficient (Wildman–Crippen LogP) is 1.99. The molecule has 5 heterocycles. The summed E-state index contributed by atoms with van der Waals surface area (Å²) in [7, 11) is 0. The van der Waals surface area contributed by atoms with E-state index in [1.807, 2.05) is 6.07 Å². The first kappa shape index (κ1) is 17.1. The molecule has 5 rings (SSSR count). The van der Waals surface area contributed by atoms with Crippen LogP contribution in [0.2, 0.25) is 0 Å². The molecule has 9 nitrogen and oxygen atoms in total. The van der Waals surface area contributed by atoms with E-state index in [1.54, 1.807) is 23.5 Å². The van der Waals surface area contributed by atoms with Gasteiger partial charge in [-0.05, 0) is 31.2 Å². The summed E-state index contributed by atoms with van der Waals surface area (Å²) in [4.78, 5) is 35.5. The van der Waals surface area contributed by atoms with Crippen molar-refractivity contribution in [2.75, 3.05) is 36.5 Å². The number of nitrogens with one attached hydrogen (secondary N) is 2. The van der Waals surface area contributed by atoms with E-state index >= 15 is 0 Å². The van der Waals surface area contributed by atoms with Gasteiger partial charge < -0.3 is 15.0 Å². The molecule has 144 valence electrons. The summed E-state index contributed by atoms with van der Waals surface area (Å²) < 4.78 is 5.43. The van der Waals surface area contributed by atoms with Gasteiger partial charge in [-0.25, -0.2) is 15.0 Å². The van der Waals surface area contributed by atoms with Crippen molar-refractivity contribution in [1.82, 2.24) is 24.9 Å². The average Bonchev–Trinajstić information content (AvgIpc) is 3.21. The lowest BCUT2D eigenvalue weighted by Gasteiger charge is -2.30. The van der Waals surface area contributed by atoms with Crippen molar-refractivity contribution < 1.29 is 9.53 Å². The topological polar surface area (TPSA) is 109 Å². The Labute approximate surface area is 161 Å². The number of aromatic amines is 1. The van der Waals surface area contributed by atoms with Gasteiger partial charge in [-0.1, -0.05) is 0 Å². The fraction of sp³-hybridized carbons (Fsp3) is 0.421. The van der Waals surface area contributed by atoms with E-state index in [4.69, 9.17) is 9.72 Å². The zero-order valence-corrected chi connectivity index (χ0v) is 15.4. The molecule has 2 aliphatic rings. The van der Waals surface area contributed by atoms with Gasteiger partial charge in [-0.15, -0.1) is 0 Å². The van der Waals surface area contributed by atoms with Gasteiger partial charge in [-0.3, -0.25) is 14.7 Å². The minimum atomic E-state index is 0.0110. The van der Waals surface area contributed by atoms with Crippen molar-refractivity contribution in [2.45, 2.75) is 19.3 Å². The Kier molecular flexibility index (Phi) is 4.36. The van der Waals surface area contributed by atoms with Crippen molar-refractivity contribution in [3.05, 3.63) is 24.7 Å². The van der Waals surface area contributed by atoms with Crippen LogP contribution in [-0.2, 0) is 9.53 Å². The number of nitrogens with zero attached hydrogens (tertiary/aromatic N) is 5. The van der Waals surface area contributed by atoms with E-state index < -0.39 is 0 Å². The van der Waals surface area contributed by atoms with Crippen LogP contribution in [0.25, 0.3) is 22.6 Å². The van der Waals surface area contributed by atoms with Crippen molar-refractivity contribution in [1.29, 1.82) is 0 Å². The predicted molar refractivity (Wildman–Crippen MR) is 104 cm³/mol. The fourth-order valence-electron chi connectivity index (χ4n) is 3.72. The second-order valence-electron chi connectivity index (χ2n) is 7.14. The molecule has 0 aliphatic carbocycles. The van der Waals surface area contributed by atoms with Gasteiger partial charge in [0.05, 0.1) is 18.9 Å². The third-order valence-corrected chi connectivity index (χ3v) is 5.34. The maximum atomic E-state index is 12.6. The first-order valence-corrected chi connectivity index (χ1v) is 9.57. The summed E-state index contributed by atoms with van der Waals surface area (Å²) in [6.45, 7) is 2.49. The molecule has 1 amide bonds. The zero-order chi connectivity index (χ0) is 18.9. The van der Waals surface area contributed by atoms with Gasteiger partial charge in [0, 0.05) is 26.0 Å². The van der Waals surface area contributed by atoms with Gasteiger partial charge in [0.15, 0.2) is 17.3 Å². The van der Waals surface area contributed by atoms with E-state index in [1.165, 1.54) is 0 Å². The van der Waals surface area contributed by atoms with Crippen LogP contribution in [0.5, 0.6) is 0 Å². The lowest BCUT2D eigenvalue weighted by molar-refractivity contribution is -0.117. The second-order valence-corrected chi connectivity index (χ2v) is 7.14. The summed E-state index contributed by atoms with van der Waals surface area (Å²) in [5.41, 5.74) is 2.70. The highest BCUT2D eigenvalue weighted by atomic mass is 16.5. The fourth-order valence-corrected chi connectivity index (χ4v) is 3.72. The molecular formula is C19H21N7O2. The van der Waals surface area contributed by atoms with Crippen molar-refractivity contribution in [3.63, 3.8) is 0 Å². The van der Waals surface area contributed by atoms with Crippen LogP contribution in [0.1, 0.15) is 19.3 Å². The Morgan fingerprint density at radius 1 is 1.14 bits per heavy atom. The van der Waals surface area contributed by atoms with E-state index in [0.29, 0.717) is 41.1 Å². The van der Waals surface area contributed by atoms with Gasteiger partial charge in [-0.2, -0.15) is 0 Å². The molecule has 0 saturated carbocycles. The Morgan fingerprint density at radius 3 is 2.86 bits per heavy atom. The summed E-state index contributed by atoms with van der Waals surface area (Å²) in [5, 5.41) is 3.06. The van der Waals surface area contributed by atoms with Crippen molar-refractivity contribution in [3.8, 4) is 11.4 Å². The normalized spacial score (nSPS) is 17.6. The van der Waals surface area contributed by atoms with E-state index in [2.05, 4.69) is 25.3 Å². The highest BCUT2D eigenvalue weighted by Crippen LogP contribution is 2.29. The Bertz CT molecular complexity index is 1010. The minimum Gasteiger partial charge on any atom is -0.381 e. The van der Waals surface area contributed by atoms with E-state index in [-0.39, 0.29) is 12.5 Å². The molecule has 9 heteroatoms. The molecule has 0 aromatic carbocycles. The zero-order valence-electron chi connectivity index (χ0n) is 15.4. The van der Waals surface area contributed by atoms with E-state index in [0.717, 1.165) is 38.0 Å². The van der Waals surface area contributed by atoms with Gasteiger partial charge >= 0.3 is 0 Å². The Morgan fingerprint density at radius 2 is 1.96 bits per heavy atom. The number of carbonyl (C=O) groups is 1. The van der Waals surface area contributed by atoms with Crippen LogP contribution in [0.15, 0.2) is 24.7 Å². The van der Waals surface area contributed by atoms with Crippen LogP contribution in [-0.4, -0.2) is 57.1 Å². The standard InChI is InChI=1S/C19H21N7O2/c27-16-11-23-18-19(26(16)6-2-12-3-7-28-8-4-12)25-15(10-22-18)14-9-21-13-1-5-20-17(13)24-14/h1,5,9-10,12H,2-4,6-8,11H2,(H,20,24)(H,22,23). The molecule has 0 radical (unpaired) electrons. The molecule has 3 aromatic rings. The first-order chi connectivity index (χ1) is 13.8. The summed E-state index contributed by atoms with van der Waals surface area (Å²) in [6, 6.07) is 1.87. The molecule has 28 heavy (non-hydrogen) atoms. The van der Waals surface area contributed by atoms with Crippen LogP contribution in [0.4, 0.5) is 11.6 Å². The number of H-pyrrole nitrogens is 1. The van der Waals surface area contributed by atoms with Crippen LogP contribution >= 0.6 is 0 Å². The molecule has 0 spiro atoms. The van der Waals surface area contributed by atoms with Crippen LogP contribution in [0.3, 0.4) is 0 Å². The Hall–Kier alpha value is -3.07. The number of fused-ring (bicyclic) bond motifs is 2. The summed E-state index contributed by atoms with van der Waals surface area (Å²) in [5.74, 6) is 1.78. The first-order valence-electron chi connectivity index (χ1n) is 9.57. The number of amides is 1. The van der Waals surface area contributed by atoms with Gasteiger partial charge in [0.2, 0.25) is 5.91 Å². The number of rotatable bonds is 4. The molecule has 0 unspecified atom stereocenters. The maximum absolute atomic E-state index is 12.6. The smallest absolute Gasteiger partial charge is 0.247 e. The second kappa shape index (κ2) is 7.16. The maximum Gasteiger partial charge on any atom is 0.247 e. The molecule has 2 aliphatic heterocycles. The minimum absolute atomic E-state index is 0.0110. The highest BCUT2D eigenvalue weighted by Gasteiger charge is 2.28. The Balaban J connectivity index is 1.43. The number of anilines is 2. The lowest BCUT2D eigenvalue weighted by Crippen LogP contribution is -2.42. The third-order valence-electron chi connectivity index (χ3n) is 5.34. The average molecular weight is 379 g/mol. The lowest BCUT2D eigenvalue weighted by atomic mass is 9.96. The van der Waals surface area contributed by atoms with Crippen molar-refractivity contribution in [2.24, 2.45) is 5.92 Å². The third kappa shape index (κ3) is 3.18. The highest BCUT2D eigenvalue weighted by molar-refractivity contribution is 6.00. The molecular weight excluding hydrogens is 358 g/mol. The molecule has 0 bridgehead atoms. The van der Waals surface area contributed by atoms with Crippen molar-refractivity contribution >= 4 is 28.7 Å². The van der Waals surface area contributed by atoms with Gasteiger partial charge in [0.1, 0.15) is 16.9 Å². The molecule has 1 fully saturated rings. The number of carbonyl (C=O) groups excluding carboxylic acids is 1. The molecule has 0 atom stereocenters. The van der Waals surface area contributed by atoms with Crippen LogP contribution in [0, 0.1) is 5.92 Å². The number of hydrogen-bond acceptors (Lipinski definition) is 7. The molecule has 1 saturated heterocycles. The molecule has 3 aromatic heterocycles. The number of hydrogen-bond donors (Lipinski definition) is 2. The van der Waals surface area contributed by atoms with Gasteiger partial charge in [0.25, 0.3) is 0 Å². The number of aromatic nitrogens is 5. The quantitative estimate of drug-likeness (QED) is 0.713. The largest absolute Gasteiger partial charge is 0.381 e. The number of ether oxygens (including phenoxy) is 1. The monoisotopic (exact) mass is 379 g/mol. The van der Waals surface area contributed by atoms with Crippen LogP contribution < -0.4 is 10.2 Å². The SMILES string of the molecule is O=C1CNc2ncc(-c3cnc4cc[nH]c4n3)nc2N1CCC1CCOCC1. The molecule has 2 N–H and O–H groups in total.